The van der Waals surface area contributed by atoms with Gasteiger partial charge in [0.05, 0.1) is 6.07 Å². The molecule has 1 aliphatic rings. The third kappa shape index (κ3) is 2.71. The molecule has 0 bridgehead atoms. The number of halogens is 2. The topological polar surface area (TPSA) is 40.9 Å². The van der Waals surface area contributed by atoms with Crippen molar-refractivity contribution in [2.75, 3.05) is 0 Å². The van der Waals surface area contributed by atoms with E-state index in [1.165, 1.54) is 0 Å². The van der Waals surface area contributed by atoms with Gasteiger partial charge in [0.2, 0.25) is 0 Å². The average molecular weight is 310 g/mol. The van der Waals surface area contributed by atoms with Gasteiger partial charge in [0.25, 0.3) is 0 Å². The summed E-state index contributed by atoms with van der Waals surface area (Å²) in [6.45, 7) is 2.03. The first-order valence-corrected chi connectivity index (χ1v) is 7.68. The molecule has 0 saturated heterocycles. The predicted octanol–water partition coefficient (Wildman–Crippen LogP) is 5.14. The van der Waals surface area contributed by atoms with Crippen molar-refractivity contribution in [3.8, 4) is 6.07 Å². The molecule has 2 nitrogen and oxygen atoms in total. The highest BCUT2D eigenvalue weighted by molar-refractivity contribution is 6.35. The van der Waals surface area contributed by atoms with Gasteiger partial charge in [-0.25, -0.2) is 0 Å². The first-order valence-electron chi connectivity index (χ1n) is 6.93. The van der Waals surface area contributed by atoms with Crippen LogP contribution in [0.15, 0.2) is 18.2 Å². The van der Waals surface area contributed by atoms with E-state index in [4.69, 9.17) is 23.2 Å². The number of carbonyl (C=O) groups is 1. The van der Waals surface area contributed by atoms with Crippen molar-refractivity contribution in [1.82, 2.24) is 0 Å². The van der Waals surface area contributed by atoms with Gasteiger partial charge in [0.15, 0.2) is 5.78 Å². The zero-order chi connectivity index (χ0) is 14.8. The zero-order valence-corrected chi connectivity index (χ0v) is 13.0. The van der Waals surface area contributed by atoms with Crippen LogP contribution in [0.1, 0.15) is 50.5 Å². The Labute approximate surface area is 129 Å². The van der Waals surface area contributed by atoms with Gasteiger partial charge in [-0.3, -0.25) is 4.79 Å². The van der Waals surface area contributed by atoms with Crippen LogP contribution in [0, 0.1) is 16.7 Å². The number of nitrogens with zero attached hydrogens (tertiary/aromatic N) is 1. The van der Waals surface area contributed by atoms with Gasteiger partial charge >= 0.3 is 0 Å². The van der Waals surface area contributed by atoms with Crippen LogP contribution in [-0.4, -0.2) is 5.78 Å². The molecule has 1 unspecified atom stereocenters. The summed E-state index contributed by atoms with van der Waals surface area (Å²) in [4.78, 5) is 12.9. The van der Waals surface area contributed by atoms with Gasteiger partial charge < -0.3 is 0 Å². The minimum Gasteiger partial charge on any atom is -0.297 e. The van der Waals surface area contributed by atoms with Crippen LogP contribution in [0.2, 0.25) is 10.0 Å². The lowest BCUT2D eigenvalue weighted by atomic mass is 9.73. The van der Waals surface area contributed by atoms with Crippen LogP contribution in [0.4, 0.5) is 0 Å². The lowest BCUT2D eigenvalue weighted by Crippen LogP contribution is -2.32. The maximum absolute atomic E-state index is 12.9. The molecule has 0 aliphatic heterocycles. The first kappa shape index (κ1) is 15.4. The highest BCUT2D eigenvalue weighted by Gasteiger charge is 2.43. The summed E-state index contributed by atoms with van der Waals surface area (Å²) in [5.74, 6) is -0.776. The van der Waals surface area contributed by atoms with Crippen LogP contribution in [-0.2, 0) is 4.79 Å². The van der Waals surface area contributed by atoms with Crippen molar-refractivity contribution in [3.05, 3.63) is 33.8 Å². The van der Waals surface area contributed by atoms with Gasteiger partial charge in [0, 0.05) is 15.5 Å². The van der Waals surface area contributed by atoms with Crippen molar-refractivity contribution in [2.24, 2.45) is 5.41 Å². The molecule has 1 aromatic carbocycles. The first-order chi connectivity index (χ1) is 9.54. The molecule has 0 N–H and O–H groups in total. The highest BCUT2D eigenvalue weighted by Crippen LogP contribution is 2.45. The van der Waals surface area contributed by atoms with E-state index in [9.17, 15) is 10.1 Å². The molecule has 0 aromatic heterocycles. The standard InChI is InChI=1S/C16H17Cl2NO/c1-2-16(7-3-4-8-16)15(20)13(10-19)12-6-5-11(17)9-14(12)18/h5-6,9,13H,2-4,7-8H2,1H3. The molecule has 1 saturated carbocycles. The smallest absolute Gasteiger partial charge is 0.160 e. The molecule has 4 heteroatoms. The molecule has 0 spiro atoms. The van der Waals surface area contributed by atoms with Crippen molar-refractivity contribution in [1.29, 1.82) is 5.26 Å². The Morgan fingerprint density at radius 2 is 2.05 bits per heavy atom. The van der Waals surface area contributed by atoms with E-state index in [2.05, 4.69) is 6.07 Å². The molecule has 1 aliphatic carbocycles. The molecule has 20 heavy (non-hydrogen) atoms. The van der Waals surface area contributed by atoms with Crippen molar-refractivity contribution in [3.63, 3.8) is 0 Å². The fraction of sp³-hybridized carbons (Fsp3) is 0.500. The van der Waals surface area contributed by atoms with Gasteiger partial charge in [-0.05, 0) is 37.0 Å². The Morgan fingerprint density at radius 1 is 1.40 bits per heavy atom. The average Bonchev–Trinajstić information content (AvgIpc) is 2.91. The summed E-state index contributed by atoms with van der Waals surface area (Å²) in [7, 11) is 0. The number of rotatable bonds is 4. The van der Waals surface area contributed by atoms with E-state index in [1.807, 2.05) is 6.92 Å². The number of nitriles is 1. The quantitative estimate of drug-likeness (QED) is 0.772. The van der Waals surface area contributed by atoms with E-state index in [0.717, 1.165) is 32.1 Å². The number of hydrogen-bond acceptors (Lipinski definition) is 2. The van der Waals surface area contributed by atoms with E-state index >= 15 is 0 Å². The summed E-state index contributed by atoms with van der Waals surface area (Å²) in [5, 5.41) is 10.4. The second-order valence-electron chi connectivity index (χ2n) is 5.43. The monoisotopic (exact) mass is 309 g/mol. The van der Waals surface area contributed by atoms with Crippen LogP contribution in [0.3, 0.4) is 0 Å². The fourth-order valence-electron chi connectivity index (χ4n) is 3.14. The van der Waals surface area contributed by atoms with Crippen molar-refractivity contribution < 1.29 is 4.79 Å². The van der Waals surface area contributed by atoms with Crippen LogP contribution in [0.25, 0.3) is 0 Å². The fourth-order valence-corrected chi connectivity index (χ4v) is 3.65. The Hall–Kier alpha value is -1.04. The number of benzene rings is 1. The van der Waals surface area contributed by atoms with Gasteiger partial charge in [-0.15, -0.1) is 0 Å². The van der Waals surface area contributed by atoms with Crippen molar-refractivity contribution >= 4 is 29.0 Å². The summed E-state index contributed by atoms with van der Waals surface area (Å²) in [6, 6.07) is 7.09. The lowest BCUT2D eigenvalue weighted by molar-refractivity contribution is -0.129. The van der Waals surface area contributed by atoms with Crippen LogP contribution in [0.5, 0.6) is 0 Å². The summed E-state index contributed by atoms with van der Waals surface area (Å²) in [6.07, 6.45) is 4.67. The highest BCUT2D eigenvalue weighted by atomic mass is 35.5. The third-order valence-electron chi connectivity index (χ3n) is 4.42. The Bertz CT molecular complexity index is 556. The minimum absolute atomic E-state index is 0.0178. The molecular weight excluding hydrogens is 293 g/mol. The Balaban J connectivity index is 2.37. The molecule has 1 atom stereocenters. The van der Waals surface area contributed by atoms with E-state index in [0.29, 0.717) is 15.6 Å². The number of ketones is 1. The normalized spacial score (nSPS) is 18.5. The molecule has 0 heterocycles. The Kier molecular flexibility index (Phi) is 4.73. The summed E-state index contributed by atoms with van der Waals surface area (Å²) < 4.78 is 0. The molecular formula is C16H17Cl2NO. The predicted molar refractivity (Wildman–Crippen MR) is 81.0 cm³/mol. The summed E-state index contributed by atoms with van der Waals surface area (Å²) in [5.41, 5.74) is 0.229. The minimum atomic E-state index is -0.794. The largest absolute Gasteiger partial charge is 0.297 e. The second-order valence-corrected chi connectivity index (χ2v) is 6.28. The second kappa shape index (κ2) is 6.16. The van der Waals surface area contributed by atoms with Gasteiger partial charge in [0.1, 0.15) is 5.92 Å². The number of carbonyl (C=O) groups excluding carboxylic acids is 1. The maximum atomic E-state index is 12.9. The molecule has 0 amide bonds. The van der Waals surface area contributed by atoms with Crippen molar-refractivity contribution in [2.45, 2.75) is 44.9 Å². The zero-order valence-electron chi connectivity index (χ0n) is 11.5. The molecule has 1 aromatic rings. The number of hydrogen-bond donors (Lipinski definition) is 0. The molecule has 2 rings (SSSR count). The van der Waals surface area contributed by atoms with Gasteiger partial charge in [-0.2, -0.15) is 5.26 Å². The van der Waals surface area contributed by atoms with E-state index < -0.39 is 5.92 Å². The summed E-state index contributed by atoms with van der Waals surface area (Å²) >= 11 is 12.0. The SMILES string of the molecule is CCC1(C(=O)C(C#N)c2ccc(Cl)cc2Cl)CCCC1. The van der Waals surface area contributed by atoms with E-state index in [1.54, 1.807) is 18.2 Å². The van der Waals surface area contributed by atoms with Gasteiger partial charge in [-0.1, -0.05) is 49.0 Å². The number of Topliss-reactive ketones (excluding diaryl/α,β-unsaturated/α-hetero) is 1. The van der Waals surface area contributed by atoms with E-state index in [-0.39, 0.29) is 11.2 Å². The van der Waals surface area contributed by atoms with Crippen LogP contribution >= 0.6 is 23.2 Å². The maximum Gasteiger partial charge on any atom is 0.160 e. The molecule has 106 valence electrons. The molecule has 0 radical (unpaired) electrons. The lowest BCUT2D eigenvalue weighted by Gasteiger charge is -2.28. The Morgan fingerprint density at radius 3 is 2.55 bits per heavy atom. The third-order valence-corrected chi connectivity index (χ3v) is 4.99. The van der Waals surface area contributed by atoms with Crippen LogP contribution < -0.4 is 0 Å². The molecule has 1 fully saturated rings.